The van der Waals surface area contributed by atoms with Gasteiger partial charge in [0.25, 0.3) is 11.8 Å². The van der Waals surface area contributed by atoms with E-state index < -0.39 is 23.4 Å². The summed E-state index contributed by atoms with van der Waals surface area (Å²) in [7, 11) is 1.46. The van der Waals surface area contributed by atoms with Crippen LogP contribution < -0.4 is 15.8 Å². The number of nitrogens with two attached hydrogens (primary N) is 1. The molecule has 154 valence electrons. The molecule has 7 nitrogen and oxygen atoms in total. The predicted octanol–water partition coefficient (Wildman–Crippen LogP) is 2.86. The van der Waals surface area contributed by atoms with Crippen molar-refractivity contribution < 1.29 is 23.5 Å². The minimum Gasteiger partial charge on any atom is -0.496 e. The van der Waals surface area contributed by atoms with Crippen LogP contribution >= 0.6 is 0 Å². The van der Waals surface area contributed by atoms with Crippen LogP contribution in [0.3, 0.4) is 0 Å². The van der Waals surface area contributed by atoms with E-state index in [0.29, 0.717) is 17.0 Å². The van der Waals surface area contributed by atoms with Crippen LogP contribution in [0, 0.1) is 11.7 Å². The number of hydrogen-bond acceptors (Lipinski definition) is 5. The Balaban J connectivity index is 1.95. The summed E-state index contributed by atoms with van der Waals surface area (Å²) < 4.78 is 25.1. The molecule has 2 heterocycles. The first-order chi connectivity index (χ1) is 13.6. The van der Waals surface area contributed by atoms with Gasteiger partial charge in [0, 0.05) is 29.4 Å². The zero-order chi connectivity index (χ0) is 21.3. The molecule has 1 aromatic heterocycles. The lowest BCUT2D eigenvalue weighted by molar-refractivity contribution is -0.131. The lowest BCUT2D eigenvalue weighted by atomic mass is 9.78. The van der Waals surface area contributed by atoms with Gasteiger partial charge in [0.2, 0.25) is 0 Å². The highest BCUT2D eigenvalue weighted by Crippen LogP contribution is 2.48. The molecule has 1 aliphatic heterocycles. The van der Waals surface area contributed by atoms with Crippen molar-refractivity contribution in [2.24, 2.45) is 11.7 Å². The quantitative estimate of drug-likeness (QED) is 0.802. The fraction of sp³-hybridized carbons (Fsp3) is 0.381. The molecule has 2 amide bonds. The molecule has 1 saturated heterocycles. The van der Waals surface area contributed by atoms with E-state index in [1.54, 1.807) is 12.1 Å². The van der Waals surface area contributed by atoms with E-state index in [1.807, 2.05) is 20.8 Å². The predicted molar refractivity (Wildman–Crippen MR) is 105 cm³/mol. The number of nitrogens with one attached hydrogen (secondary N) is 1. The zero-order valence-corrected chi connectivity index (χ0v) is 16.7. The van der Waals surface area contributed by atoms with Gasteiger partial charge in [-0.15, -0.1) is 0 Å². The second-order valence-corrected chi connectivity index (χ2v) is 7.63. The number of amides is 2. The number of hydrogen-bond donors (Lipinski definition) is 2. The van der Waals surface area contributed by atoms with Crippen LogP contribution in [0.5, 0.6) is 5.75 Å². The molecule has 1 aromatic carbocycles. The van der Waals surface area contributed by atoms with Gasteiger partial charge in [-0.3, -0.25) is 14.6 Å². The van der Waals surface area contributed by atoms with E-state index in [9.17, 15) is 14.0 Å². The van der Waals surface area contributed by atoms with Gasteiger partial charge in [0.1, 0.15) is 23.4 Å². The summed E-state index contributed by atoms with van der Waals surface area (Å²) in [5, 5.41) is 2.76. The number of anilines is 1. The fourth-order valence-electron chi connectivity index (χ4n) is 3.67. The molecule has 0 aliphatic carbocycles. The van der Waals surface area contributed by atoms with Crippen molar-refractivity contribution in [3.05, 3.63) is 53.6 Å². The molecule has 29 heavy (non-hydrogen) atoms. The minimum atomic E-state index is -0.843. The molecule has 0 bridgehead atoms. The Bertz CT molecular complexity index is 947. The van der Waals surface area contributed by atoms with Gasteiger partial charge in [-0.25, -0.2) is 4.39 Å². The van der Waals surface area contributed by atoms with Gasteiger partial charge in [-0.2, -0.15) is 0 Å². The summed E-state index contributed by atoms with van der Waals surface area (Å²) in [6.07, 6.45) is 0.544. The fourth-order valence-corrected chi connectivity index (χ4v) is 3.67. The van der Waals surface area contributed by atoms with Crippen LogP contribution in [0.25, 0.3) is 0 Å². The van der Waals surface area contributed by atoms with Crippen LogP contribution in [0.2, 0.25) is 0 Å². The highest BCUT2D eigenvalue weighted by molar-refractivity contribution is 5.97. The smallest absolute Gasteiger partial charge is 0.267 e. The Labute approximate surface area is 168 Å². The van der Waals surface area contributed by atoms with Gasteiger partial charge in [0.05, 0.1) is 12.7 Å². The van der Waals surface area contributed by atoms with Gasteiger partial charge >= 0.3 is 0 Å². The number of rotatable bonds is 5. The van der Waals surface area contributed by atoms with Crippen LogP contribution in [-0.4, -0.2) is 35.6 Å². The first kappa shape index (κ1) is 20.7. The molecule has 3 rings (SSSR count). The average Bonchev–Trinajstić information content (AvgIpc) is 2.91. The van der Waals surface area contributed by atoms with E-state index in [0.717, 1.165) is 0 Å². The molecule has 0 unspecified atom stereocenters. The van der Waals surface area contributed by atoms with Gasteiger partial charge in [0.15, 0.2) is 0 Å². The summed E-state index contributed by atoms with van der Waals surface area (Å²) in [5.41, 5.74) is 5.77. The van der Waals surface area contributed by atoms with Crippen molar-refractivity contribution in [1.29, 1.82) is 0 Å². The summed E-state index contributed by atoms with van der Waals surface area (Å²) >= 11 is 0. The Morgan fingerprint density at radius 1 is 1.28 bits per heavy atom. The SMILES string of the molecule is COc1cc(F)ccc1[C@H]1[C@@H](C)C(C)(C)O[C@H]1C(=O)Nc1ccnc(C(N)=O)c1. The molecule has 0 saturated carbocycles. The Morgan fingerprint density at radius 3 is 2.66 bits per heavy atom. The number of aromatic nitrogens is 1. The maximum absolute atomic E-state index is 13.7. The standard InChI is InChI=1S/C21H24FN3O4/c1-11-17(14-6-5-12(22)9-16(14)28-4)18(29-21(11,2)3)20(27)25-13-7-8-24-15(10-13)19(23)26/h5-11,17-18H,1-4H3,(H2,23,26)(H,24,25,27)/t11-,17-,18-/m1/s1. The topological polar surface area (TPSA) is 104 Å². The second kappa shape index (κ2) is 7.79. The lowest BCUT2D eigenvalue weighted by Gasteiger charge is -2.25. The van der Waals surface area contributed by atoms with Gasteiger partial charge in [-0.1, -0.05) is 13.0 Å². The number of carbonyl (C=O) groups is 2. The number of carbonyl (C=O) groups excluding carboxylic acids is 2. The Kier molecular flexibility index (Phi) is 5.57. The zero-order valence-electron chi connectivity index (χ0n) is 16.7. The van der Waals surface area contributed by atoms with Gasteiger partial charge in [-0.05, 0) is 38.0 Å². The van der Waals surface area contributed by atoms with E-state index >= 15 is 0 Å². The lowest BCUT2D eigenvalue weighted by Crippen LogP contribution is -2.33. The van der Waals surface area contributed by atoms with Crippen LogP contribution in [0.1, 0.15) is 42.7 Å². The van der Waals surface area contributed by atoms with E-state index in [1.165, 1.54) is 31.5 Å². The van der Waals surface area contributed by atoms with Crippen LogP contribution in [-0.2, 0) is 9.53 Å². The van der Waals surface area contributed by atoms with Crippen LogP contribution in [0.15, 0.2) is 36.5 Å². The molecule has 1 aliphatic rings. The van der Waals surface area contributed by atoms with Crippen molar-refractivity contribution in [1.82, 2.24) is 4.98 Å². The third kappa shape index (κ3) is 4.07. The molecule has 0 spiro atoms. The van der Waals surface area contributed by atoms with Crippen LogP contribution in [0.4, 0.5) is 10.1 Å². The highest BCUT2D eigenvalue weighted by Gasteiger charge is 2.51. The summed E-state index contributed by atoms with van der Waals surface area (Å²) in [6, 6.07) is 7.22. The number of pyridine rings is 1. The summed E-state index contributed by atoms with van der Waals surface area (Å²) in [4.78, 5) is 28.3. The molecular weight excluding hydrogens is 377 g/mol. The van der Waals surface area contributed by atoms with E-state index in [-0.39, 0.29) is 23.4 Å². The van der Waals surface area contributed by atoms with E-state index in [2.05, 4.69) is 10.3 Å². The highest BCUT2D eigenvalue weighted by atomic mass is 19.1. The van der Waals surface area contributed by atoms with Crippen molar-refractivity contribution >= 4 is 17.5 Å². The number of methoxy groups -OCH3 is 1. The Morgan fingerprint density at radius 2 is 2.00 bits per heavy atom. The number of nitrogens with zero attached hydrogens (tertiary/aromatic N) is 1. The molecule has 8 heteroatoms. The van der Waals surface area contributed by atoms with Gasteiger partial charge < -0.3 is 20.5 Å². The van der Waals surface area contributed by atoms with Crippen molar-refractivity contribution in [3.63, 3.8) is 0 Å². The monoisotopic (exact) mass is 401 g/mol. The maximum Gasteiger partial charge on any atom is 0.267 e. The molecule has 2 aromatic rings. The summed E-state index contributed by atoms with van der Waals surface area (Å²) in [5.74, 6) is -1.56. The van der Waals surface area contributed by atoms with Crippen molar-refractivity contribution in [3.8, 4) is 5.75 Å². The first-order valence-electron chi connectivity index (χ1n) is 9.22. The third-order valence-corrected chi connectivity index (χ3v) is 5.49. The largest absolute Gasteiger partial charge is 0.496 e. The second-order valence-electron chi connectivity index (χ2n) is 7.63. The first-order valence-corrected chi connectivity index (χ1v) is 9.22. The number of benzene rings is 1. The van der Waals surface area contributed by atoms with E-state index in [4.69, 9.17) is 15.2 Å². The molecule has 1 fully saturated rings. The van der Waals surface area contributed by atoms with Crippen molar-refractivity contribution in [2.75, 3.05) is 12.4 Å². The average molecular weight is 401 g/mol. The third-order valence-electron chi connectivity index (χ3n) is 5.49. The minimum absolute atomic E-state index is 0.0422. The molecule has 3 atom stereocenters. The number of ether oxygens (including phenoxy) is 2. The maximum atomic E-state index is 13.7. The number of primary amides is 1. The molecule has 3 N–H and O–H groups in total. The number of halogens is 1. The molecule has 0 radical (unpaired) electrons. The Hall–Kier alpha value is -3.00. The summed E-state index contributed by atoms with van der Waals surface area (Å²) in [6.45, 7) is 5.80. The molecular formula is C21H24FN3O4. The van der Waals surface area contributed by atoms with Crippen molar-refractivity contribution in [2.45, 2.75) is 38.4 Å². The normalized spacial score (nSPS) is 22.9.